The van der Waals surface area contributed by atoms with E-state index in [0.29, 0.717) is 63.8 Å². The molecule has 0 radical (unpaired) electrons. The van der Waals surface area contributed by atoms with Crippen molar-refractivity contribution in [3.8, 4) is 23.3 Å². The Balaban J connectivity index is 0.000000268. The molecule has 83 heavy (non-hydrogen) atoms. The van der Waals surface area contributed by atoms with Gasteiger partial charge in [-0.15, -0.1) is 0 Å². The zero-order valence-electron chi connectivity index (χ0n) is 44.1. The molecule has 6 aromatic rings. The maximum Gasteiger partial charge on any atom is 0.322 e. The molecule has 0 aromatic heterocycles. The van der Waals surface area contributed by atoms with Crippen LogP contribution in [0.3, 0.4) is 0 Å². The topological polar surface area (TPSA) is 280 Å². The second kappa shape index (κ2) is 33.8. The minimum atomic E-state index is -1.16. The van der Waals surface area contributed by atoms with E-state index >= 15 is 0 Å². The molecule has 0 saturated heterocycles. The summed E-state index contributed by atoms with van der Waals surface area (Å²) in [5.41, 5.74) is 3.78. The molecule has 438 valence electrons. The van der Waals surface area contributed by atoms with E-state index in [1.54, 1.807) is 75.4 Å². The van der Waals surface area contributed by atoms with Gasteiger partial charge in [0.05, 0.1) is 57.4 Å². The van der Waals surface area contributed by atoms with E-state index in [2.05, 4.69) is 91.1 Å². The second-order valence-electron chi connectivity index (χ2n) is 17.2. The average molecular weight is 1440 g/mol. The summed E-state index contributed by atoms with van der Waals surface area (Å²) in [5, 5.41) is 45.9. The molecule has 0 unspecified atom stereocenters. The number of halogens is 8. The standard InChI is InChI=1S/C19H17Br2FN2O5.C19H16Br2N2O4.C19H18Cl2FNO4/c1-2-15(25)24-14-5-3-4-10(17(14)22)9-29-18-12(20)6-11(7-13(18)21)19(28)23-8-16(26)27;1-2-17(24)23-14-4-12(9-22)3-13(5-14)10-27-19-15(20)6-11(7-16(19)21)8-18(25)26;1-2-16(24)23-15-5-3-4-12(18(15)22)10-27-19-13(20)8-11(9-14(19)21)6-7-17(25)26/h3-7H,2,8-9H2,1H3,(H,23,28)(H,24,25)(H,26,27);3-7H,2,8,10H2,1H3,(H,23,24)(H,25,26);3-5,8-9H,2,6-7,10H2,1H3,(H,23,24)(H,25,26). The number of benzene rings is 6. The molecule has 0 saturated carbocycles. The fourth-order valence-corrected chi connectivity index (χ4v) is 10.5. The van der Waals surface area contributed by atoms with Crippen molar-refractivity contribution in [2.45, 2.75) is 79.1 Å². The Bertz CT molecular complexity index is 3380. The van der Waals surface area contributed by atoms with Gasteiger partial charge in [-0.05, 0) is 154 Å². The Morgan fingerprint density at radius 3 is 1.49 bits per heavy atom. The molecule has 6 rings (SSSR count). The van der Waals surface area contributed by atoms with Gasteiger partial charge >= 0.3 is 17.9 Å². The Hall–Kier alpha value is -7.14. The smallest absolute Gasteiger partial charge is 0.322 e. The normalized spacial score (nSPS) is 10.3. The molecule has 18 nitrogen and oxygen atoms in total. The van der Waals surface area contributed by atoms with Crippen LogP contribution in [0.15, 0.2) is 109 Å². The van der Waals surface area contributed by atoms with Gasteiger partial charge in [-0.3, -0.25) is 33.6 Å². The largest absolute Gasteiger partial charge is 0.487 e. The number of carbonyl (C=O) groups is 7. The van der Waals surface area contributed by atoms with Gasteiger partial charge < -0.3 is 50.8 Å². The van der Waals surface area contributed by atoms with E-state index in [0.717, 1.165) is 0 Å². The molecule has 7 N–H and O–H groups in total. The van der Waals surface area contributed by atoms with Crippen molar-refractivity contribution in [2.24, 2.45) is 0 Å². The number of carboxylic acids is 3. The maximum atomic E-state index is 14.6. The number of anilines is 3. The summed E-state index contributed by atoms with van der Waals surface area (Å²) >= 11 is 25.7. The van der Waals surface area contributed by atoms with Gasteiger partial charge in [-0.25, -0.2) is 8.78 Å². The Morgan fingerprint density at radius 2 is 1.04 bits per heavy atom. The highest BCUT2D eigenvalue weighted by atomic mass is 79.9. The number of hydrogen-bond donors (Lipinski definition) is 7. The van der Waals surface area contributed by atoms with Crippen molar-refractivity contribution < 1.29 is 71.9 Å². The quantitative estimate of drug-likeness (QED) is 0.0314. The Labute approximate surface area is 518 Å². The molecular weight excluding hydrogens is 1390 g/mol. The van der Waals surface area contributed by atoms with Crippen LogP contribution < -0.4 is 35.5 Å². The van der Waals surface area contributed by atoms with Crippen molar-refractivity contribution in [3.05, 3.63) is 170 Å². The first-order valence-corrected chi connectivity index (χ1v) is 28.5. The molecule has 6 aromatic carbocycles. The lowest BCUT2D eigenvalue weighted by Crippen LogP contribution is -2.29. The minimum absolute atomic E-state index is 0.0473. The third-order valence-electron chi connectivity index (χ3n) is 11.0. The average Bonchev–Trinajstić information content (AvgIpc) is 3.50. The number of nitrogens with zero attached hydrogens (tertiary/aromatic N) is 1. The minimum Gasteiger partial charge on any atom is -0.487 e. The van der Waals surface area contributed by atoms with E-state index in [4.69, 9.17) is 52.7 Å². The van der Waals surface area contributed by atoms with Crippen LogP contribution in [0.2, 0.25) is 10.0 Å². The number of amides is 4. The highest BCUT2D eigenvalue weighted by molar-refractivity contribution is 9.11. The van der Waals surface area contributed by atoms with E-state index in [9.17, 15) is 47.6 Å². The van der Waals surface area contributed by atoms with Crippen molar-refractivity contribution in [2.75, 3.05) is 22.5 Å². The number of aryl methyl sites for hydroxylation is 1. The van der Waals surface area contributed by atoms with Gasteiger partial charge in [0.15, 0.2) is 17.4 Å². The lowest BCUT2D eigenvalue weighted by molar-refractivity contribution is -0.137. The van der Waals surface area contributed by atoms with Crippen LogP contribution in [0.4, 0.5) is 25.8 Å². The summed E-state index contributed by atoms with van der Waals surface area (Å²) in [4.78, 5) is 78.6. The molecule has 0 spiro atoms. The maximum absolute atomic E-state index is 14.6. The van der Waals surface area contributed by atoms with Crippen LogP contribution in [-0.4, -0.2) is 63.4 Å². The molecule has 0 fully saturated rings. The number of carboxylic acid groups (broad SMARTS) is 3. The van der Waals surface area contributed by atoms with Crippen molar-refractivity contribution in [1.29, 1.82) is 5.26 Å². The molecule has 0 aliphatic rings. The van der Waals surface area contributed by atoms with Crippen molar-refractivity contribution in [1.82, 2.24) is 5.32 Å². The number of carbonyl (C=O) groups excluding carboxylic acids is 4. The predicted molar refractivity (Wildman–Crippen MR) is 321 cm³/mol. The fraction of sp³-hybridized carbons (Fsp3) is 0.228. The van der Waals surface area contributed by atoms with Gasteiger partial charge in [-0.1, -0.05) is 68.2 Å². The van der Waals surface area contributed by atoms with Crippen molar-refractivity contribution >= 4 is 146 Å². The molecule has 26 heteroatoms. The van der Waals surface area contributed by atoms with Gasteiger partial charge in [0, 0.05) is 48.1 Å². The Morgan fingerprint density at radius 1 is 0.566 bits per heavy atom. The van der Waals surface area contributed by atoms with Gasteiger partial charge in [0.1, 0.15) is 37.9 Å². The first-order chi connectivity index (χ1) is 39.4. The molecule has 0 aliphatic heterocycles. The highest BCUT2D eigenvalue weighted by Crippen LogP contribution is 2.38. The van der Waals surface area contributed by atoms with Crippen LogP contribution in [0.1, 0.15) is 90.2 Å². The van der Waals surface area contributed by atoms with Gasteiger partial charge in [-0.2, -0.15) is 5.26 Å². The zero-order valence-corrected chi connectivity index (χ0v) is 52.0. The van der Waals surface area contributed by atoms with E-state index < -0.39 is 42.0 Å². The summed E-state index contributed by atoms with van der Waals surface area (Å²) in [6.07, 6.45) is 0.941. The third kappa shape index (κ3) is 22.2. The number of ether oxygens (including phenoxy) is 3. The van der Waals surface area contributed by atoms with E-state index in [-0.39, 0.29) is 114 Å². The van der Waals surface area contributed by atoms with Crippen LogP contribution in [0, 0.1) is 23.0 Å². The second-order valence-corrected chi connectivity index (χ2v) is 21.5. The van der Waals surface area contributed by atoms with Crippen LogP contribution in [0.25, 0.3) is 0 Å². The van der Waals surface area contributed by atoms with Gasteiger partial charge in [0.25, 0.3) is 5.91 Å². The van der Waals surface area contributed by atoms with Crippen LogP contribution in [0.5, 0.6) is 17.2 Å². The summed E-state index contributed by atoms with van der Waals surface area (Å²) in [6, 6.07) is 25.7. The first-order valence-electron chi connectivity index (χ1n) is 24.6. The number of aliphatic carboxylic acids is 3. The number of rotatable bonds is 23. The van der Waals surface area contributed by atoms with Crippen LogP contribution >= 0.6 is 86.9 Å². The first kappa shape index (κ1) is 68.4. The summed E-state index contributed by atoms with van der Waals surface area (Å²) in [7, 11) is 0. The molecule has 4 amide bonds. The highest BCUT2D eigenvalue weighted by Gasteiger charge is 2.19. The molecular formula is C57H51Br4Cl2F2N5O13. The monoisotopic (exact) mass is 1440 g/mol. The zero-order chi connectivity index (χ0) is 61.5. The van der Waals surface area contributed by atoms with Gasteiger partial charge in [0.2, 0.25) is 17.7 Å². The predicted octanol–water partition coefficient (Wildman–Crippen LogP) is 13.8. The van der Waals surface area contributed by atoms with Crippen LogP contribution in [-0.2, 0) is 61.4 Å². The van der Waals surface area contributed by atoms with Crippen molar-refractivity contribution in [3.63, 3.8) is 0 Å². The molecule has 0 atom stereocenters. The van der Waals surface area contributed by atoms with E-state index in [1.165, 1.54) is 36.4 Å². The number of hydrogen-bond acceptors (Lipinski definition) is 11. The molecule has 0 aliphatic carbocycles. The molecule has 0 heterocycles. The lowest BCUT2D eigenvalue weighted by atomic mass is 10.1. The number of nitriles is 1. The van der Waals surface area contributed by atoms with E-state index in [1.807, 2.05) is 0 Å². The molecule has 0 bridgehead atoms. The fourth-order valence-electron chi connectivity index (χ4n) is 6.93. The Kier molecular flexibility index (Phi) is 27.9. The third-order valence-corrected chi connectivity index (χ3v) is 13.9. The SMILES string of the molecule is CCC(=O)Nc1cc(C#N)cc(COc2c(Br)cc(CC(=O)O)cc2Br)c1.CCC(=O)Nc1cccc(COc2c(Br)cc(C(=O)NCC(=O)O)cc2Br)c1F.CCC(=O)Nc1cccc(COc2c(Cl)cc(CCC(=O)O)cc2Cl)c1F. The summed E-state index contributed by atoms with van der Waals surface area (Å²) in [5.74, 6) is -4.45. The number of nitrogens with one attached hydrogen (secondary N) is 4. The summed E-state index contributed by atoms with van der Waals surface area (Å²) in [6.45, 7) is 4.48. The lowest BCUT2D eigenvalue weighted by Gasteiger charge is -2.14. The summed E-state index contributed by atoms with van der Waals surface area (Å²) < 4.78 is 48.2.